The molecule has 0 spiro atoms. The van der Waals surface area contributed by atoms with Crippen molar-refractivity contribution in [1.29, 1.82) is 5.26 Å². The predicted molar refractivity (Wildman–Crippen MR) is 90.4 cm³/mol. The van der Waals surface area contributed by atoms with Gasteiger partial charge in [0.15, 0.2) is 5.76 Å². The fourth-order valence-electron chi connectivity index (χ4n) is 2.12. The van der Waals surface area contributed by atoms with E-state index in [-0.39, 0.29) is 11.3 Å². The minimum atomic E-state index is -0.615. The van der Waals surface area contributed by atoms with E-state index in [1.165, 1.54) is 29.5 Å². The normalized spacial score (nSPS) is 10.1. The van der Waals surface area contributed by atoms with Gasteiger partial charge < -0.3 is 9.73 Å². The average molecular weight is 353 g/mol. The second-order valence-electron chi connectivity index (χ2n) is 4.91. The highest BCUT2D eigenvalue weighted by molar-refractivity contribution is 7.14. The molecule has 124 valence electrons. The molecule has 0 aliphatic heterocycles. The largest absolute Gasteiger partial charge is 0.451 e. The van der Waals surface area contributed by atoms with Crippen LogP contribution in [0.15, 0.2) is 52.3 Å². The smallest absolute Gasteiger partial charge is 0.292 e. The predicted octanol–water partition coefficient (Wildman–Crippen LogP) is 3.25. The van der Waals surface area contributed by atoms with Crippen molar-refractivity contribution in [3.05, 3.63) is 64.7 Å². The summed E-state index contributed by atoms with van der Waals surface area (Å²) in [5.41, 5.74) is 2.90. The van der Waals surface area contributed by atoms with E-state index in [2.05, 4.69) is 5.32 Å². The van der Waals surface area contributed by atoms with E-state index in [9.17, 15) is 9.59 Å². The summed E-state index contributed by atoms with van der Waals surface area (Å²) in [7, 11) is 0. The molecule has 0 fully saturated rings. The van der Waals surface area contributed by atoms with Crippen molar-refractivity contribution in [2.45, 2.75) is 0 Å². The third-order valence-electron chi connectivity index (χ3n) is 3.38. The quantitative estimate of drug-likeness (QED) is 0.492. The molecule has 0 bridgehead atoms. The van der Waals surface area contributed by atoms with Gasteiger partial charge in [-0.1, -0.05) is 12.1 Å². The zero-order valence-electron chi connectivity index (χ0n) is 12.6. The molecule has 3 rings (SSSR count). The van der Waals surface area contributed by atoms with E-state index in [1.54, 1.807) is 35.1 Å². The van der Waals surface area contributed by atoms with Gasteiger partial charge in [0.05, 0.1) is 5.56 Å². The first-order valence-electron chi connectivity index (χ1n) is 7.06. The number of nitriles is 1. The van der Waals surface area contributed by atoms with Gasteiger partial charge >= 0.3 is 0 Å². The maximum absolute atomic E-state index is 12.2. The van der Waals surface area contributed by atoms with Crippen LogP contribution in [0.5, 0.6) is 0 Å². The second kappa shape index (κ2) is 7.00. The maximum Gasteiger partial charge on any atom is 0.292 e. The zero-order chi connectivity index (χ0) is 17.8. The van der Waals surface area contributed by atoms with Crippen molar-refractivity contribution in [3.8, 4) is 17.4 Å². The first kappa shape index (κ1) is 16.4. The SMILES string of the molecule is N#Cc1ccsc1NC(=O)c1ccc(-c2ccc(C(=O)NO)cc2)o1. The van der Waals surface area contributed by atoms with Crippen LogP contribution in [-0.2, 0) is 0 Å². The van der Waals surface area contributed by atoms with E-state index in [0.717, 1.165) is 0 Å². The fraction of sp³-hybridized carbons (Fsp3) is 0. The van der Waals surface area contributed by atoms with Crippen molar-refractivity contribution in [2.24, 2.45) is 0 Å². The van der Waals surface area contributed by atoms with E-state index < -0.39 is 11.8 Å². The molecule has 25 heavy (non-hydrogen) atoms. The van der Waals surface area contributed by atoms with Gasteiger partial charge in [-0.05, 0) is 35.7 Å². The molecular formula is C17H11N3O4S. The van der Waals surface area contributed by atoms with Gasteiger partial charge in [-0.25, -0.2) is 5.48 Å². The molecule has 0 atom stereocenters. The van der Waals surface area contributed by atoms with Crippen molar-refractivity contribution in [1.82, 2.24) is 5.48 Å². The standard InChI is InChI=1S/C17H11N3O4S/c18-9-12-7-8-25-17(12)19-16(22)14-6-5-13(24-14)10-1-3-11(4-2-10)15(21)20-23/h1-8,23H,(H,19,22)(H,20,21). The van der Waals surface area contributed by atoms with Gasteiger partial charge in [0.1, 0.15) is 16.8 Å². The first-order valence-corrected chi connectivity index (χ1v) is 7.94. The van der Waals surface area contributed by atoms with Crippen LogP contribution in [0.2, 0.25) is 0 Å². The molecule has 0 radical (unpaired) electrons. The van der Waals surface area contributed by atoms with E-state index in [0.29, 0.717) is 21.9 Å². The number of furan rings is 1. The number of amides is 2. The topological polar surface area (TPSA) is 115 Å². The number of hydroxylamine groups is 1. The van der Waals surface area contributed by atoms with Crippen molar-refractivity contribution >= 4 is 28.2 Å². The molecule has 3 aromatic rings. The van der Waals surface area contributed by atoms with Crippen LogP contribution in [0, 0.1) is 11.3 Å². The Hall–Kier alpha value is -3.41. The number of nitrogens with one attached hydrogen (secondary N) is 2. The lowest BCUT2D eigenvalue weighted by molar-refractivity contribution is 0.0706. The van der Waals surface area contributed by atoms with E-state index in [1.807, 2.05) is 6.07 Å². The van der Waals surface area contributed by atoms with Crippen LogP contribution >= 0.6 is 11.3 Å². The number of thiophene rings is 1. The van der Waals surface area contributed by atoms with Gasteiger partial charge in [0.25, 0.3) is 11.8 Å². The first-order chi connectivity index (χ1) is 12.1. The van der Waals surface area contributed by atoms with Gasteiger partial charge in [0, 0.05) is 11.1 Å². The molecule has 0 unspecified atom stereocenters. The molecule has 2 amide bonds. The lowest BCUT2D eigenvalue weighted by Gasteiger charge is -2.02. The molecule has 3 N–H and O–H groups in total. The second-order valence-corrected chi connectivity index (χ2v) is 5.83. The highest BCUT2D eigenvalue weighted by atomic mass is 32.1. The minimum Gasteiger partial charge on any atom is -0.451 e. The van der Waals surface area contributed by atoms with E-state index in [4.69, 9.17) is 14.9 Å². The summed E-state index contributed by atoms with van der Waals surface area (Å²) >= 11 is 1.25. The number of nitrogens with zero attached hydrogens (tertiary/aromatic N) is 1. The maximum atomic E-state index is 12.2. The highest BCUT2D eigenvalue weighted by Gasteiger charge is 2.15. The van der Waals surface area contributed by atoms with Gasteiger partial charge in [-0.2, -0.15) is 5.26 Å². The van der Waals surface area contributed by atoms with Crippen molar-refractivity contribution in [3.63, 3.8) is 0 Å². The average Bonchev–Trinajstić information content (AvgIpc) is 3.30. The number of carbonyl (C=O) groups is 2. The number of rotatable bonds is 4. The summed E-state index contributed by atoms with van der Waals surface area (Å²) < 4.78 is 5.54. The molecular weight excluding hydrogens is 342 g/mol. The molecule has 8 heteroatoms. The van der Waals surface area contributed by atoms with Crippen molar-refractivity contribution in [2.75, 3.05) is 5.32 Å². The number of carbonyl (C=O) groups excluding carboxylic acids is 2. The zero-order valence-corrected chi connectivity index (χ0v) is 13.5. The molecule has 0 saturated carbocycles. The molecule has 7 nitrogen and oxygen atoms in total. The number of hydrogen-bond acceptors (Lipinski definition) is 6. The Balaban J connectivity index is 1.77. The lowest BCUT2D eigenvalue weighted by atomic mass is 10.1. The summed E-state index contributed by atoms with van der Waals surface area (Å²) in [5.74, 6) is -0.519. The van der Waals surface area contributed by atoms with Crippen LogP contribution in [0.4, 0.5) is 5.00 Å². The summed E-state index contributed by atoms with van der Waals surface area (Å²) in [6.45, 7) is 0. The minimum absolute atomic E-state index is 0.101. The number of anilines is 1. The Kier molecular flexibility index (Phi) is 4.61. The summed E-state index contributed by atoms with van der Waals surface area (Å²) in [6, 6.07) is 13.1. The Morgan fingerprint density at radius 3 is 2.52 bits per heavy atom. The van der Waals surface area contributed by atoms with Crippen LogP contribution in [0.25, 0.3) is 11.3 Å². The molecule has 0 aliphatic rings. The third-order valence-corrected chi connectivity index (χ3v) is 4.21. The third kappa shape index (κ3) is 3.42. The Labute approximate surface area is 146 Å². The van der Waals surface area contributed by atoms with Gasteiger partial charge in [0.2, 0.25) is 0 Å². The molecule has 0 saturated heterocycles. The van der Waals surface area contributed by atoms with Gasteiger partial charge in [-0.15, -0.1) is 11.3 Å². The van der Waals surface area contributed by atoms with Crippen LogP contribution < -0.4 is 10.8 Å². The molecule has 1 aromatic carbocycles. The molecule has 0 aliphatic carbocycles. The highest BCUT2D eigenvalue weighted by Crippen LogP contribution is 2.25. The Bertz CT molecular complexity index is 966. The van der Waals surface area contributed by atoms with E-state index >= 15 is 0 Å². The molecule has 2 heterocycles. The van der Waals surface area contributed by atoms with Crippen LogP contribution in [0.3, 0.4) is 0 Å². The van der Waals surface area contributed by atoms with Crippen molar-refractivity contribution < 1.29 is 19.2 Å². The van der Waals surface area contributed by atoms with Crippen LogP contribution in [0.1, 0.15) is 26.5 Å². The van der Waals surface area contributed by atoms with Crippen LogP contribution in [-0.4, -0.2) is 17.0 Å². The summed E-state index contributed by atoms with van der Waals surface area (Å²) in [5, 5.41) is 22.4. The Morgan fingerprint density at radius 2 is 1.84 bits per heavy atom. The number of benzene rings is 1. The summed E-state index contributed by atoms with van der Waals surface area (Å²) in [6.07, 6.45) is 0. The lowest BCUT2D eigenvalue weighted by Crippen LogP contribution is -2.18. The summed E-state index contributed by atoms with van der Waals surface area (Å²) in [4.78, 5) is 23.5. The monoisotopic (exact) mass is 353 g/mol. The molecule has 2 aromatic heterocycles. The van der Waals surface area contributed by atoms with Gasteiger partial charge in [-0.3, -0.25) is 14.8 Å². The number of hydrogen-bond donors (Lipinski definition) is 3. The Morgan fingerprint density at radius 1 is 1.08 bits per heavy atom. The fourth-order valence-corrected chi connectivity index (χ4v) is 2.86.